The van der Waals surface area contributed by atoms with Crippen LogP contribution in [0.5, 0.6) is 5.88 Å². The maximum atomic E-state index is 12.6. The van der Waals surface area contributed by atoms with Gasteiger partial charge in [0.1, 0.15) is 35.0 Å². The van der Waals surface area contributed by atoms with Gasteiger partial charge in [-0.15, -0.1) is 10.2 Å². The number of nitrogens with zero attached hydrogens (tertiary/aromatic N) is 8. The zero-order chi connectivity index (χ0) is 23.5. The van der Waals surface area contributed by atoms with Crippen LogP contribution in [0, 0.1) is 18.3 Å². The summed E-state index contributed by atoms with van der Waals surface area (Å²) in [6.07, 6.45) is 2.55. The van der Waals surface area contributed by atoms with E-state index in [1.807, 2.05) is 6.07 Å². The summed E-state index contributed by atoms with van der Waals surface area (Å²) in [4.78, 5) is 32.4. The number of azo groups is 1. The highest BCUT2D eigenvalue weighted by Crippen LogP contribution is 2.32. The first-order valence-electron chi connectivity index (χ1n) is 9.44. The number of nitrogens with two attached hydrogens (primary N) is 1. The Bertz CT molecular complexity index is 1480. The van der Waals surface area contributed by atoms with Crippen molar-refractivity contribution in [3.8, 4) is 23.5 Å². The Morgan fingerprint density at radius 1 is 1.21 bits per heavy atom. The molecular weight excluding hydrogens is 426 g/mol. The highest BCUT2D eigenvalue weighted by atomic mass is 16.3. The lowest BCUT2D eigenvalue weighted by Gasteiger charge is -2.09. The highest BCUT2D eigenvalue weighted by Gasteiger charge is 2.22. The topological polar surface area (TPSA) is 177 Å². The molecule has 0 aliphatic rings. The van der Waals surface area contributed by atoms with Crippen molar-refractivity contribution in [2.24, 2.45) is 16.0 Å². The van der Waals surface area contributed by atoms with Crippen LogP contribution in [-0.4, -0.2) is 35.3 Å². The quantitative estimate of drug-likeness (QED) is 0.446. The minimum absolute atomic E-state index is 0.0175. The molecule has 1 amide bonds. The van der Waals surface area contributed by atoms with Crippen LogP contribution in [0.3, 0.4) is 0 Å². The maximum absolute atomic E-state index is 12.6. The number of amides is 1. The van der Waals surface area contributed by atoms with Gasteiger partial charge in [0.15, 0.2) is 5.82 Å². The molecule has 33 heavy (non-hydrogen) atoms. The molecule has 0 aliphatic heterocycles. The Morgan fingerprint density at radius 3 is 2.61 bits per heavy atom. The molecule has 3 heterocycles. The predicted molar refractivity (Wildman–Crippen MR) is 115 cm³/mol. The molecule has 1 aromatic carbocycles. The van der Waals surface area contributed by atoms with E-state index in [0.717, 1.165) is 10.6 Å². The number of carbonyl (C=O) groups is 1. The van der Waals surface area contributed by atoms with Crippen molar-refractivity contribution >= 4 is 17.4 Å². The largest absolute Gasteiger partial charge is 0.493 e. The van der Waals surface area contributed by atoms with E-state index < -0.39 is 17.3 Å². The Kier molecular flexibility index (Phi) is 5.44. The number of aromatic hydroxyl groups is 1. The van der Waals surface area contributed by atoms with Gasteiger partial charge in [0.2, 0.25) is 5.88 Å². The van der Waals surface area contributed by atoms with E-state index in [1.54, 1.807) is 37.3 Å². The summed E-state index contributed by atoms with van der Waals surface area (Å²) >= 11 is 0. The molecule has 4 rings (SSSR count). The number of carbonyl (C=O) groups excluding carboxylic acids is 1. The number of aryl methyl sites for hydroxylation is 1. The average molecular weight is 441 g/mol. The van der Waals surface area contributed by atoms with Crippen LogP contribution in [0.1, 0.15) is 21.6 Å². The van der Waals surface area contributed by atoms with Gasteiger partial charge in [0, 0.05) is 6.20 Å². The number of pyridine rings is 1. The molecule has 0 spiro atoms. The highest BCUT2D eigenvalue weighted by molar-refractivity contribution is 5.98. The average Bonchev–Trinajstić information content (AvgIpc) is 3.16. The lowest BCUT2D eigenvalue weighted by molar-refractivity contribution is 0.100. The van der Waals surface area contributed by atoms with E-state index in [4.69, 9.17) is 5.73 Å². The second-order valence-electron chi connectivity index (χ2n) is 6.68. The number of aromatic nitrogens is 5. The van der Waals surface area contributed by atoms with Gasteiger partial charge >= 0.3 is 0 Å². The third kappa shape index (κ3) is 3.81. The molecule has 162 valence electrons. The summed E-state index contributed by atoms with van der Waals surface area (Å²) in [5.74, 6) is -1.32. The third-order valence-corrected chi connectivity index (χ3v) is 4.61. The number of benzene rings is 1. The first-order chi connectivity index (χ1) is 15.9. The fraction of sp³-hybridized carbons (Fsp3) is 0.0476. The molecule has 0 aliphatic carbocycles. The molecule has 0 saturated heterocycles. The van der Waals surface area contributed by atoms with Crippen molar-refractivity contribution in [3.05, 3.63) is 82.2 Å². The molecule has 12 nitrogen and oxygen atoms in total. The van der Waals surface area contributed by atoms with E-state index in [9.17, 15) is 20.0 Å². The molecule has 0 unspecified atom stereocenters. The lowest BCUT2D eigenvalue weighted by Crippen LogP contribution is -2.21. The van der Waals surface area contributed by atoms with Gasteiger partial charge in [0.25, 0.3) is 11.5 Å². The zero-order valence-electron chi connectivity index (χ0n) is 17.1. The van der Waals surface area contributed by atoms with Crippen LogP contribution < -0.4 is 11.3 Å². The van der Waals surface area contributed by atoms with Crippen LogP contribution in [-0.2, 0) is 0 Å². The molecule has 0 saturated carbocycles. The van der Waals surface area contributed by atoms with Gasteiger partial charge in [-0.2, -0.15) is 10.4 Å². The van der Waals surface area contributed by atoms with Crippen LogP contribution in [0.25, 0.3) is 11.5 Å². The molecule has 0 bridgehead atoms. The first kappa shape index (κ1) is 21.1. The molecule has 3 N–H and O–H groups in total. The molecule has 12 heteroatoms. The van der Waals surface area contributed by atoms with E-state index in [1.165, 1.54) is 23.3 Å². The van der Waals surface area contributed by atoms with Crippen molar-refractivity contribution in [2.75, 3.05) is 0 Å². The zero-order valence-corrected chi connectivity index (χ0v) is 17.1. The number of hydrogen-bond donors (Lipinski definition) is 2. The van der Waals surface area contributed by atoms with Gasteiger partial charge in [0.05, 0.1) is 11.4 Å². The standard InChI is InChI=1S/C21H15N9O3/c1-12-17(18(23)31)19(30(28-12)14-5-3-2-4-6-14)27-26-15-9-13(10-22)20(32)29(21(15)33)16-7-8-24-11-25-16/h2-9,11,33H,1H3,(H2,23,31)/b27-26+. The fourth-order valence-corrected chi connectivity index (χ4v) is 3.12. The number of hydrogen-bond acceptors (Lipinski definition) is 9. The maximum Gasteiger partial charge on any atom is 0.277 e. The van der Waals surface area contributed by atoms with Gasteiger partial charge in [-0.25, -0.2) is 19.2 Å². The van der Waals surface area contributed by atoms with Crippen LogP contribution in [0.4, 0.5) is 11.5 Å². The molecule has 0 atom stereocenters. The lowest BCUT2D eigenvalue weighted by atomic mass is 10.2. The summed E-state index contributed by atoms with van der Waals surface area (Å²) in [7, 11) is 0. The summed E-state index contributed by atoms with van der Waals surface area (Å²) < 4.78 is 2.19. The Labute approximate surface area is 185 Å². The smallest absolute Gasteiger partial charge is 0.277 e. The number of rotatable bonds is 5. The third-order valence-electron chi connectivity index (χ3n) is 4.61. The second kappa shape index (κ2) is 8.52. The van der Waals surface area contributed by atoms with Crippen LogP contribution in [0.2, 0.25) is 0 Å². The molecule has 3 aromatic heterocycles. The van der Waals surface area contributed by atoms with Gasteiger partial charge in [-0.1, -0.05) is 18.2 Å². The van der Waals surface area contributed by atoms with Crippen molar-refractivity contribution in [3.63, 3.8) is 0 Å². The molecular formula is C21H15N9O3. The fourth-order valence-electron chi connectivity index (χ4n) is 3.12. The minimum atomic E-state index is -0.796. The SMILES string of the molecule is Cc1nn(-c2ccccc2)c(/N=N/c2cc(C#N)c(=O)n(-c3ccncn3)c2O)c1C(N)=O. The molecule has 4 aromatic rings. The summed E-state index contributed by atoms with van der Waals surface area (Å²) in [6.45, 7) is 1.60. The van der Waals surface area contributed by atoms with E-state index in [-0.39, 0.29) is 28.5 Å². The van der Waals surface area contributed by atoms with Crippen molar-refractivity contribution in [1.82, 2.24) is 24.3 Å². The number of para-hydroxylation sites is 1. The number of primary amides is 1. The Morgan fingerprint density at radius 2 is 1.97 bits per heavy atom. The second-order valence-corrected chi connectivity index (χ2v) is 6.68. The van der Waals surface area contributed by atoms with Crippen molar-refractivity contribution in [2.45, 2.75) is 6.92 Å². The van der Waals surface area contributed by atoms with E-state index in [2.05, 4.69) is 25.3 Å². The van der Waals surface area contributed by atoms with Gasteiger partial charge in [-0.3, -0.25) is 9.59 Å². The van der Waals surface area contributed by atoms with E-state index in [0.29, 0.717) is 11.4 Å². The van der Waals surface area contributed by atoms with Crippen molar-refractivity contribution in [1.29, 1.82) is 5.26 Å². The van der Waals surface area contributed by atoms with Crippen LogP contribution >= 0.6 is 0 Å². The summed E-state index contributed by atoms with van der Waals surface area (Å²) in [5.41, 5.74) is 5.17. The Hall–Kier alpha value is -5.18. The van der Waals surface area contributed by atoms with Gasteiger partial charge in [-0.05, 0) is 31.2 Å². The Balaban J connectivity index is 1.92. The van der Waals surface area contributed by atoms with Crippen LogP contribution in [0.15, 0.2) is 70.0 Å². The first-order valence-corrected chi connectivity index (χ1v) is 9.44. The number of nitriles is 1. The normalized spacial score (nSPS) is 10.9. The summed E-state index contributed by atoms with van der Waals surface area (Å²) in [6, 6.07) is 13.1. The minimum Gasteiger partial charge on any atom is -0.493 e. The summed E-state index contributed by atoms with van der Waals surface area (Å²) in [5, 5.41) is 32.5. The predicted octanol–water partition coefficient (Wildman–Crippen LogP) is 2.21. The molecule has 0 radical (unpaired) electrons. The van der Waals surface area contributed by atoms with E-state index >= 15 is 0 Å². The van der Waals surface area contributed by atoms with Gasteiger partial charge < -0.3 is 10.8 Å². The van der Waals surface area contributed by atoms with Crippen molar-refractivity contribution < 1.29 is 9.90 Å². The monoisotopic (exact) mass is 441 g/mol. The molecule has 0 fully saturated rings.